The van der Waals surface area contributed by atoms with Gasteiger partial charge in [0.1, 0.15) is 0 Å². The number of rotatable bonds is 3. The molecule has 106 valence electrons. The third-order valence-electron chi connectivity index (χ3n) is 3.52. The van der Waals surface area contributed by atoms with E-state index in [0.717, 1.165) is 21.7 Å². The molecule has 20 heavy (non-hydrogen) atoms. The molecule has 0 spiro atoms. The van der Waals surface area contributed by atoms with Crippen LogP contribution in [0.2, 0.25) is 0 Å². The molecule has 2 aliphatic heterocycles. The van der Waals surface area contributed by atoms with E-state index in [9.17, 15) is 5.11 Å². The molecular formula is C14H16BrN3OS. The van der Waals surface area contributed by atoms with Crippen LogP contribution in [-0.2, 0) is 5.72 Å². The molecule has 1 aromatic rings. The fourth-order valence-corrected chi connectivity index (χ4v) is 3.88. The third kappa shape index (κ3) is 2.41. The van der Waals surface area contributed by atoms with Gasteiger partial charge < -0.3 is 10.0 Å². The number of hydrogen-bond donors (Lipinski definition) is 1. The number of benzene rings is 1. The molecule has 4 nitrogen and oxygen atoms in total. The van der Waals surface area contributed by atoms with Gasteiger partial charge in [0.2, 0.25) is 0 Å². The predicted molar refractivity (Wildman–Crippen MR) is 86.4 cm³/mol. The van der Waals surface area contributed by atoms with Gasteiger partial charge >= 0.3 is 0 Å². The Bertz CT molecular complexity index is 548. The first-order chi connectivity index (χ1) is 9.63. The first-order valence-corrected chi connectivity index (χ1v) is 8.18. The van der Waals surface area contributed by atoms with Crippen LogP contribution in [0.25, 0.3) is 0 Å². The van der Waals surface area contributed by atoms with Crippen LogP contribution < -0.4 is 0 Å². The molecule has 0 amide bonds. The lowest BCUT2D eigenvalue weighted by atomic mass is 10.0. The maximum absolute atomic E-state index is 11.1. The number of halogens is 1. The molecule has 1 fully saturated rings. The van der Waals surface area contributed by atoms with Gasteiger partial charge in [0.25, 0.3) is 0 Å². The number of thioether (sulfide) groups is 1. The third-order valence-corrected chi connectivity index (χ3v) is 5.20. The largest absolute Gasteiger partial charge is 0.366 e. The lowest BCUT2D eigenvalue weighted by Crippen LogP contribution is -2.52. The molecule has 2 aliphatic rings. The van der Waals surface area contributed by atoms with Gasteiger partial charge in [-0.15, -0.1) is 6.58 Å². The number of hydrogen-bond acceptors (Lipinski definition) is 5. The number of aliphatic hydroxyl groups is 1. The van der Waals surface area contributed by atoms with E-state index >= 15 is 0 Å². The van der Waals surface area contributed by atoms with Crippen LogP contribution in [0.3, 0.4) is 0 Å². The SMILES string of the molecule is C=CCN1CN=C2SCC(O)(c3ccc(Br)cc3)N2C1. The van der Waals surface area contributed by atoms with Crippen molar-refractivity contribution >= 4 is 32.9 Å². The van der Waals surface area contributed by atoms with Crippen LogP contribution in [0.4, 0.5) is 0 Å². The summed E-state index contributed by atoms with van der Waals surface area (Å²) in [7, 11) is 0. The van der Waals surface area contributed by atoms with Gasteiger partial charge in [-0.3, -0.25) is 4.90 Å². The zero-order chi connectivity index (χ0) is 14.2. The second-order valence-corrected chi connectivity index (χ2v) is 6.76. The van der Waals surface area contributed by atoms with Crippen molar-refractivity contribution in [2.45, 2.75) is 5.72 Å². The van der Waals surface area contributed by atoms with Crippen LogP contribution in [0.5, 0.6) is 0 Å². The minimum atomic E-state index is -0.982. The van der Waals surface area contributed by atoms with Crippen molar-refractivity contribution in [1.82, 2.24) is 9.80 Å². The average molecular weight is 354 g/mol. The maximum Gasteiger partial charge on any atom is 0.176 e. The molecule has 0 saturated carbocycles. The second-order valence-electron chi connectivity index (χ2n) is 4.91. The molecule has 1 N–H and O–H groups in total. The van der Waals surface area contributed by atoms with Crippen molar-refractivity contribution < 1.29 is 5.11 Å². The van der Waals surface area contributed by atoms with E-state index < -0.39 is 5.72 Å². The topological polar surface area (TPSA) is 39.1 Å². The fourth-order valence-electron chi connectivity index (χ4n) is 2.45. The molecule has 1 unspecified atom stereocenters. The zero-order valence-electron chi connectivity index (χ0n) is 11.0. The first-order valence-electron chi connectivity index (χ1n) is 6.40. The lowest BCUT2D eigenvalue weighted by Gasteiger charge is -2.39. The van der Waals surface area contributed by atoms with Crippen LogP contribution in [0, 0.1) is 0 Å². The van der Waals surface area contributed by atoms with E-state index in [0.29, 0.717) is 19.1 Å². The summed E-state index contributed by atoms with van der Waals surface area (Å²) >= 11 is 5.04. The van der Waals surface area contributed by atoms with Crippen LogP contribution >= 0.6 is 27.7 Å². The molecule has 0 aliphatic carbocycles. The number of aliphatic imine (C=N–C) groups is 1. The number of fused-ring (bicyclic) bond motifs is 1. The molecule has 0 aromatic heterocycles. The Morgan fingerprint density at radius 2 is 2.20 bits per heavy atom. The van der Waals surface area contributed by atoms with Gasteiger partial charge in [0.05, 0.1) is 19.1 Å². The van der Waals surface area contributed by atoms with Crippen LogP contribution in [0.1, 0.15) is 5.56 Å². The molecule has 1 atom stereocenters. The van der Waals surface area contributed by atoms with Crippen molar-refractivity contribution in [2.24, 2.45) is 4.99 Å². The average Bonchev–Trinajstić information content (AvgIpc) is 2.79. The lowest BCUT2D eigenvalue weighted by molar-refractivity contribution is -0.0720. The quantitative estimate of drug-likeness (QED) is 0.847. The highest BCUT2D eigenvalue weighted by Crippen LogP contribution is 2.40. The molecule has 1 aromatic carbocycles. The first kappa shape index (κ1) is 14.1. The molecule has 2 heterocycles. The summed E-state index contributed by atoms with van der Waals surface area (Å²) < 4.78 is 1.01. The van der Waals surface area contributed by atoms with Gasteiger partial charge in [-0.1, -0.05) is 45.9 Å². The summed E-state index contributed by atoms with van der Waals surface area (Å²) in [5, 5.41) is 12.0. The standard InChI is InChI=1S/C14H16BrN3OS/c1-2-7-17-9-16-13-18(10-17)14(19,8-20-13)11-3-5-12(15)6-4-11/h2-6,19H,1,7-10H2. The van der Waals surface area contributed by atoms with Crippen molar-refractivity contribution in [3.63, 3.8) is 0 Å². The molecule has 1 saturated heterocycles. The minimum Gasteiger partial charge on any atom is -0.366 e. The summed E-state index contributed by atoms with van der Waals surface area (Å²) in [5.74, 6) is 0.607. The van der Waals surface area contributed by atoms with E-state index in [4.69, 9.17) is 0 Å². The number of amidine groups is 1. The van der Waals surface area contributed by atoms with Crippen molar-refractivity contribution in [1.29, 1.82) is 0 Å². The van der Waals surface area contributed by atoms with E-state index in [1.165, 1.54) is 0 Å². The van der Waals surface area contributed by atoms with E-state index in [-0.39, 0.29) is 0 Å². The second kappa shape index (κ2) is 5.52. The van der Waals surface area contributed by atoms with Crippen molar-refractivity contribution in [3.8, 4) is 0 Å². The van der Waals surface area contributed by atoms with Crippen molar-refractivity contribution in [2.75, 3.05) is 25.6 Å². The summed E-state index contributed by atoms with van der Waals surface area (Å²) in [5.41, 5.74) is -0.0804. The van der Waals surface area contributed by atoms with E-state index in [1.54, 1.807) is 11.8 Å². The highest BCUT2D eigenvalue weighted by Gasteiger charge is 2.46. The Labute approximate surface area is 131 Å². The normalized spacial score (nSPS) is 26.3. The van der Waals surface area contributed by atoms with Gasteiger partial charge in [0.15, 0.2) is 10.9 Å². The Kier molecular flexibility index (Phi) is 3.90. The predicted octanol–water partition coefficient (Wildman–Crippen LogP) is 2.42. The van der Waals surface area contributed by atoms with Crippen molar-refractivity contribution in [3.05, 3.63) is 47.0 Å². The van der Waals surface area contributed by atoms with Gasteiger partial charge in [-0.05, 0) is 12.1 Å². The Morgan fingerprint density at radius 1 is 1.45 bits per heavy atom. The molecule has 6 heteroatoms. The highest BCUT2D eigenvalue weighted by molar-refractivity contribution is 9.10. The Hall–Kier alpha value is -0.820. The molecule has 0 radical (unpaired) electrons. The smallest absolute Gasteiger partial charge is 0.176 e. The number of nitrogens with zero attached hydrogens (tertiary/aromatic N) is 3. The Morgan fingerprint density at radius 3 is 2.90 bits per heavy atom. The van der Waals surface area contributed by atoms with Gasteiger partial charge in [-0.2, -0.15) is 0 Å². The summed E-state index contributed by atoms with van der Waals surface area (Å²) in [4.78, 5) is 8.67. The highest BCUT2D eigenvalue weighted by atomic mass is 79.9. The monoisotopic (exact) mass is 353 g/mol. The summed E-state index contributed by atoms with van der Waals surface area (Å²) in [6.07, 6.45) is 1.86. The summed E-state index contributed by atoms with van der Waals surface area (Å²) in [6, 6.07) is 7.83. The van der Waals surface area contributed by atoms with E-state index in [2.05, 4.69) is 32.4 Å². The fraction of sp³-hybridized carbons (Fsp3) is 0.357. The Balaban J connectivity index is 1.90. The maximum atomic E-state index is 11.1. The van der Waals surface area contributed by atoms with Gasteiger partial charge in [0, 0.05) is 16.6 Å². The zero-order valence-corrected chi connectivity index (χ0v) is 13.4. The van der Waals surface area contributed by atoms with Crippen LogP contribution in [0.15, 0.2) is 46.4 Å². The minimum absolute atomic E-state index is 0.607. The van der Waals surface area contributed by atoms with Crippen LogP contribution in [-0.4, -0.2) is 45.7 Å². The van der Waals surface area contributed by atoms with Gasteiger partial charge in [-0.25, -0.2) is 4.99 Å². The van der Waals surface area contributed by atoms with E-state index in [1.807, 2.05) is 35.2 Å². The molecule has 0 bridgehead atoms. The molecular weight excluding hydrogens is 338 g/mol. The molecule has 3 rings (SSSR count). The summed E-state index contributed by atoms with van der Waals surface area (Å²) in [6.45, 7) is 5.87.